The van der Waals surface area contributed by atoms with Gasteiger partial charge in [0.2, 0.25) is 16.0 Å². The SMILES string of the molecule is CC1COCCN1CC1CN(S(=O)(=O)c2ccc(N)nc2)CCN1c1ncc(C(C)(O)C(F)(F)F)cn1. The minimum atomic E-state index is -4.90. The van der Waals surface area contributed by atoms with E-state index in [2.05, 4.69) is 19.9 Å². The van der Waals surface area contributed by atoms with E-state index in [1.807, 2.05) is 6.92 Å². The quantitative estimate of drug-likeness (QED) is 0.537. The maximum absolute atomic E-state index is 13.3. The Balaban J connectivity index is 1.61. The summed E-state index contributed by atoms with van der Waals surface area (Å²) in [6.07, 6.45) is -1.78. The number of nitrogen functional groups attached to an aromatic ring is 1. The molecule has 11 nitrogen and oxygen atoms in total. The highest BCUT2D eigenvalue weighted by atomic mass is 32.2. The topological polar surface area (TPSA) is 138 Å². The zero-order valence-electron chi connectivity index (χ0n) is 20.5. The summed E-state index contributed by atoms with van der Waals surface area (Å²) in [5.74, 6) is 0.354. The van der Waals surface area contributed by atoms with Crippen LogP contribution in [0.5, 0.6) is 0 Å². The van der Waals surface area contributed by atoms with E-state index < -0.39 is 33.4 Å². The Morgan fingerprint density at radius 2 is 1.84 bits per heavy atom. The van der Waals surface area contributed by atoms with Gasteiger partial charge in [-0.15, -0.1) is 0 Å². The number of anilines is 2. The molecule has 2 fully saturated rings. The Kier molecular flexibility index (Phi) is 7.63. The Morgan fingerprint density at radius 3 is 2.43 bits per heavy atom. The summed E-state index contributed by atoms with van der Waals surface area (Å²) in [6.45, 7) is 5.23. The molecule has 0 radical (unpaired) electrons. The molecule has 37 heavy (non-hydrogen) atoms. The Morgan fingerprint density at radius 1 is 1.14 bits per heavy atom. The largest absolute Gasteiger partial charge is 0.421 e. The molecule has 3 unspecified atom stereocenters. The fourth-order valence-corrected chi connectivity index (χ4v) is 5.76. The number of nitrogens with two attached hydrogens (primary N) is 1. The number of piperazine rings is 1. The molecule has 4 heterocycles. The van der Waals surface area contributed by atoms with Crippen molar-refractivity contribution in [2.45, 2.75) is 42.6 Å². The molecule has 3 atom stereocenters. The van der Waals surface area contributed by atoms with Crippen molar-refractivity contribution in [3.05, 3.63) is 36.3 Å². The smallest absolute Gasteiger partial charge is 0.384 e. The van der Waals surface area contributed by atoms with Gasteiger partial charge in [-0.1, -0.05) is 0 Å². The van der Waals surface area contributed by atoms with E-state index in [4.69, 9.17) is 10.5 Å². The summed E-state index contributed by atoms with van der Waals surface area (Å²) in [6, 6.07) is 2.51. The van der Waals surface area contributed by atoms with E-state index in [0.717, 1.165) is 12.4 Å². The van der Waals surface area contributed by atoms with Gasteiger partial charge in [-0.2, -0.15) is 17.5 Å². The molecule has 2 aromatic rings. The number of halogens is 3. The van der Waals surface area contributed by atoms with Crippen LogP contribution in [0.3, 0.4) is 0 Å². The third kappa shape index (κ3) is 5.65. The van der Waals surface area contributed by atoms with E-state index in [9.17, 15) is 26.7 Å². The molecular weight excluding hydrogens is 515 g/mol. The van der Waals surface area contributed by atoms with Crippen molar-refractivity contribution < 1.29 is 31.4 Å². The molecule has 2 aromatic heterocycles. The number of hydrogen-bond acceptors (Lipinski definition) is 10. The highest BCUT2D eigenvalue weighted by molar-refractivity contribution is 7.89. The fourth-order valence-electron chi connectivity index (χ4n) is 4.35. The second-order valence-corrected chi connectivity index (χ2v) is 11.3. The summed E-state index contributed by atoms with van der Waals surface area (Å²) >= 11 is 0. The number of ether oxygens (including phenoxy) is 1. The van der Waals surface area contributed by atoms with Gasteiger partial charge in [0.05, 0.1) is 19.3 Å². The minimum absolute atomic E-state index is 0.0172. The standard InChI is InChI=1S/C22H30F3N7O4S/c1-15-14-36-8-7-30(15)12-17-13-31(37(34,35)18-3-4-19(26)27-11-18)5-6-32(17)20-28-9-16(10-29-20)21(2,33)22(23,24)25/h3-4,9-11,15,17,33H,5-8,12-14H2,1-2H3,(H2,26,27). The van der Waals surface area contributed by atoms with Crippen LogP contribution in [0.4, 0.5) is 24.9 Å². The molecule has 0 bridgehead atoms. The van der Waals surface area contributed by atoms with Crippen LogP contribution in [0.1, 0.15) is 19.4 Å². The Hall–Kier alpha value is -2.59. The third-order valence-electron chi connectivity index (χ3n) is 6.80. The van der Waals surface area contributed by atoms with E-state index in [1.54, 1.807) is 4.90 Å². The fraction of sp³-hybridized carbons (Fsp3) is 0.591. The average molecular weight is 546 g/mol. The van der Waals surface area contributed by atoms with Crippen LogP contribution in [-0.4, -0.2) is 102 Å². The van der Waals surface area contributed by atoms with Gasteiger partial charge in [0.25, 0.3) is 0 Å². The van der Waals surface area contributed by atoms with Crippen LogP contribution < -0.4 is 10.6 Å². The number of sulfonamides is 1. The highest BCUT2D eigenvalue weighted by Crippen LogP contribution is 2.38. The zero-order chi connectivity index (χ0) is 27.0. The summed E-state index contributed by atoms with van der Waals surface area (Å²) in [4.78, 5) is 16.1. The molecule has 3 N–H and O–H groups in total. The van der Waals surface area contributed by atoms with E-state index in [-0.39, 0.29) is 42.3 Å². The first-order chi connectivity index (χ1) is 17.3. The average Bonchev–Trinajstić information content (AvgIpc) is 2.85. The van der Waals surface area contributed by atoms with Crippen molar-refractivity contribution in [3.8, 4) is 0 Å². The number of aliphatic hydroxyl groups is 1. The third-order valence-corrected chi connectivity index (χ3v) is 8.65. The second-order valence-electron chi connectivity index (χ2n) is 9.39. The molecule has 15 heteroatoms. The zero-order valence-corrected chi connectivity index (χ0v) is 21.3. The lowest BCUT2D eigenvalue weighted by Gasteiger charge is -2.44. The molecule has 204 valence electrons. The van der Waals surface area contributed by atoms with Gasteiger partial charge in [0.15, 0.2) is 5.60 Å². The summed E-state index contributed by atoms with van der Waals surface area (Å²) in [5, 5.41) is 9.95. The lowest BCUT2D eigenvalue weighted by atomic mass is 9.99. The predicted molar refractivity (Wildman–Crippen MR) is 128 cm³/mol. The molecule has 0 amide bonds. The number of alkyl halides is 3. The van der Waals surface area contributed by atoms with Crippen molar-refractivity contribution in [2.75, 3.05) is 56.6 Å². The highest BCUT2D eigenvalue weighted by Gasteiger charge is 2.51. The Labute approximate surface area is 213 Å². The molecule has 0 spiro atoms. The van der Waals surface area contributed by atoms with Crippen LogP contribution in [0, 0.1) is 0 Å². The lowest BCUT2D eigenvalue weighted by molar-refractivity contribution is -0.259. The molecule has 0 aliphatic carbocycles. The van der Waals surface area contributed by atoms with Crippen LogP contribution in [0.25, 0.3) is 0 Å². The second kappa shape index (κ2) is 10.3. The van der Waals surface area contributed by atoms with Gasteiger partial charge >= 0.3 is 6.18 Å². The van der Waals surface area contributed by atoms with Gasteiger partial charge in [0, 0.05) is 62.9 Å². The van der Waals surface area contributed by atoms with Crippen LogP contribution in [-0.2, 0) is 20.4 Å². The van der Waals surface area contributed by atoms with Gasteiger partial charge in [0.1, 0.15) is 10.7 Å². The van der Waals surface area contributed by atoms with Crippen LogP contribution >= 0.6 is 0 Å². The predicted octanol–water partition coefficient (Wildman–Crippen LogP) is 0.824. The van der Waals surface area contributed by atoms with Crippen molar-refractivity contribution in [2.24, 2.45) is 0 Å². The maximum Gasteiger partial charge on any atom is 0.421 e. The van der Waals surface area contributed by atoms with E-state index in [0.29, 0.717) is 33.2 Å². The van der Waals surface area contributed by atoms with Crippen molar-refractivity contribution >= 4 is 21.8 Å². The van der Waals surface area contributed by atoms with Crippen molar-refractivity contribution in [1.82, 2.24) is 24.2 Å². The van der Waals surface area contributed by atoms with Crippen LogP contribution in [0.2, 0.25) is 0 Å². The molecule has 0 aromatic carbocycles. The number of hydrogen-bond donors (Lipinski definition) is 2. The number of rotatable bonds is 6. The molecule has 2 aliphatic heterocycles. The molecular formula is C22H30F3N7O4S. The minimum Gasteiger partial charge on any atom is -0.384 e. The van der Waals surface area contributed by atoms with E-state index >= 15 is 0 Å². The van der Waals surface area contributed by atoms with Crippen LogP contribution in [0.15, 0.2) is 35.6 Å². The maximum atomic E-state index is 13.3. The van der Waals surface area contributed by atoms with Crippen molar-refractivity contribution in [1.29, 1.82) is 0 Å². The summed E-state index contributed by atoms with van der Waals surface area (Å²) in [7, 11) is -3.87. The van der Waals surface area contributed by atoms with Gasteiger partial charge < -0.3 is 20.5 Å². The van der Waals surface area contributed by atoms with E-state index in [1.165, 1.54) is 22.6 Å². The monoisotopic (exact) mass is 545 g/mol. The number of morpholine rings is 1. The summed E-state index contributed by atoms with van der Waals surface area (Å²) in [5.41, 5.74) is 2.01. The first kappa shape index (κ1) is 27.4. The first-order valence-corrected chi connectivity index (χ1v) is 13.2. The van der Waals surface area contributed by atoms with Gasteiger partial charge in [-0.3, -0.25) is 4.90 Å². The molecule has 2 aliphatic rings. The van der Waals surface area contributed by atoms with Gasteiger partial charge in [-0.05, 0) is 26.0 Å². The number of pyridine rings is 1. The normalized spacial score (nSPS) is 24.1. The lowest BCUT2D eigenvalue weighted by Crippen LogP contribution is -2.60. The summed E-state index contributed by atoms with van der Waals surface area (Å²) < 4.78 is 73.2. The molecule has 4 rings (SSSR count). The number of nitrogens with zero attached hydrogens (tertiary/aromatic N) is 6. The first-order valence-electron chi connectivity index (χ1n) is 11.7. The molecule has 2 saturated heterocycles. The van der Waals surface area contributed by atoms with Crippen molar-refractivity contribution in [3.63, 3.8) is 0 Å². The Bertz CT molecular complexity index is 1180. The van der Waals surface area contributed by atoms with Gasteiger partial charge in [-0.25, -0.2) is 23.4 Å². The molecule has 0 saturated carbocycles. The number of aromatic nitrogens is 3.